The number of nitro benzene ring substituents is 1. The van der Waals surface area contributed by atoms with Crippen molar-refractivity contribution in [2.45, 2.75) is 13.0 Å². The lowest BCUT2D eigenvalue weighted by Gasteiger charge is -2.34. The molecule has 112 valence electrons. The van der Waals surface area contributed by atoms with E-state index in [9.17, 15) is 24.1 Å². The van der Waals surface area contributed by atoms with Crippen molar-refractivity contribution in [2.24, 2.45) is 0 Å². The van der Waals surface area contributed by atoms with E-state index in [4.69, 9.17) is 5.11 Å². The summed E-state index contributed by atoms with van der Waals surface area (Å²) >= 11 is 0. The zero-order valence-corrected chi connectivity index (χ0v) is 11.0. The van der Waals surface area contributed by atoms with E-state index in [-0.39, 0.29) is 24.7 Å². The number of anilines is 1. The first-order valence-electron chi connectivity index (χ1n) is 6.08. The summed E-state index contributed by atoms with van der Waals surface area (Å²) < 4.78 is 13.6. The summed E-state index contributed by atoms with van der Waals surface area (Å²) in [5.41, 5.74) is -1.33. The lowest BCUT2D eigenvalue weighted by atomic mass is 10.1. The molecular weight excluding hydrogens is 285 g/mol. The number of nitro groups is 1. The molecular formula is C12H12FN3O5. The molecule has 0 radical (unpaired) electrons. The fourth-order valence-electron chi connectivity index (χ4n) is 2.20. The van der Waals surface area contributed by atoms with Gasteiger partial charge in [-0.15, -0.1) is 0 Å². The number of hydrogen-bond donors (Lipinski definition) is 2. The van der Waals surface area contributed by atoms with Crippen LogP contribution in [0, 0.1) is 15.9 Å². The van der Waals surface area contributed by atoms with Crippen molar-refractivity contribution < 1.29 is 24.0 Å². The van der Waals surface area contributed by atoms with E-state index in [0.29, 0.717) is 6.07 Å². The van der Waals surface area contributed by atoms with Gasteiger partial charge in [0.2, 0.25) is 5.91 Å². The second-order valence-corrected chi connectivity index (χ2v) is 4.54. The molecule has 2 rings (SSSR count). The van der Waals surface area contributed by atoms with Gasteiger partial charge in [-0.2, -0.15) is 0 Å². The molecule has 0 aromatic heterocycles. The normalized spacial score (nSPS) is 18.3. The first kappa shape index (κ1) is 14.7. The number of amides is 1. The van der Waals surface area contributed by atoms with Crippen LogP contribution in [-0.2, 0) is 4.79 Å². The van der Waals surface area contributed by atoms with E-state index >= 15 is 0 Å². The van der Waals surface area contributed by atoms with Gasteiger partial charge in [0.05, 0.1) is 16.6 Å². The third-order valence-electron chi connectivity index (χ3n) is 3.30. The van der Waals surface area contributed by atoms with Crippen molar-refractivity contribution in [2.75, 3.05) is 18.0 Å². The number of benzene rings is 1. The second-order valence-electron chi connectivity index (χ2n) is 4.54. The molecule has 1 unspecified atom stereocenters. The molecule has 1 aliphatic heterocycles. The lowest BCUT2D eigenvalue weighted by Crippen LogP contribution is -2.54. The summed E-state index contributed by atoms with van der Waals surface area (Å²) in [6, 6.07) is 0.743. The van der Waals surface area contributed by atoms with Crippen molar-refractivity contribution in [1.29, 1.82) is 0 Å². The summed E-state index contributed by atoms with van der Waals surface area (Å²) in [7, 11) is 0. The number of rotatable bonds is 3. The van der Waals surface area contributed by atoms with Crippen LogP contribution in [0.5, 0.6) is 0 Å². The summed E-state index contributed by atoms with van der Waals surface area (Å²) in [6.45, 7) is 2.06. The van der Waals surface area contributed by atoms with E-state index in [0.717, 1.165) is 6.07 Å². The zero-order valence-electron chi connectivity index (χ0n) is 11.0. The largest absolute Gasteiger partial charge is 0.478 e. The molecule has 1 aromatic rings. The third-order valence-corrected chi connectivity index (χ3v) is 3.30. The molecule has 1 aromatic carbocycles. The van der Waals surface area contributed by atoms with Gasteiger partial charge in [-0.25, -0.2) is 9.18 Å². The van der Waals surface area contributed by atoms with Crippen molar-refractivity contribution in [3.8, 4) is 0 Å². The zero-order chi connectivity index (χ0) is 15.7. The van der Waals surface area contributed by atoms with Crippen LogP contribution in [-0.4, -0.2) is 41.0 Å². The van der Waals surface area contributed by atoms with Crippen LogP contribution >= 0.6 is 0 Å². The van der Waals surface area contributed by atoms with Gasteiger partial charge in [-0.05, 0) is 13.0 Å². The molecule has 1 aliphatic rings. The number of carbonyl (C=O) groups is 2. The van der Waals surface area contributed by atoms with Crippen molar-refractivity contribution in [3.63, 3.8) is 0 Å². The molecule has 0 aliphatic carbocycles. The Kier molecular flexibility index (Phi) is 3.74. The Hall–Kier alpha value is -2.71. The molecule has 1 saturated heterocycles. The minimum absolute atomic E-state index is 0.0823. The molecule has 9 heteroatoms. The molecule has 0 saturated carbocycles. The van der Waals surface area contributed by atoms with Crippen LogP contribution < -0.4 is 10.2 Å². The number of hydrogen-bond acceptors (Lipinski definition) is 5. The smallest absolute Gasteiger partial charge is 0.338 e. The monoisotopic (exact) mass is 297 g/mol. The fraction of sp³-hybridized carbons (Fsp3) is 0.333. The Balaban J connectivity index is 2.59. The highest BCUT2D eigenvalue weighted by Gasteiger charge is 2.32. The number of carboxylic acids is 1. The Bertz CT molecular complexity index is 634. The summed E-state index contributed by atoms with van der Waals surface area (Å²) in [5.74, 6) is -3.05. The highest BCUT2D eigenvalue weighted by Crippen LogP contribution is 2.33. The molecule has 1 heterocycles. The fourth-order valence-corrected chi connectivity index (χ4v) is 2.20. The van der Waals surface area contributed by atoms with E-state index in [1.54, 1.807) is 0 Å². The van der Waals surface area contributed by atoms with E-state index in [2.05, 4.69) is 5.32 Å². The van der Waals surface area contributed by atoms with E-state index in [1.807, 2.05) is 0 Å². The summed E-state index contributed by atoms with van der Waals surface area (Å²) in [4.78, 5) is 34.2. The van der Waals surface area contributed by atoms with Gasteiger partial charge in [-0.1, -0.05) is 0 Å². The van der Waals surface area contributed by atoms with Gasteiger partial charge < -0.3 is 15.3 Å². The maximum Gasteiger partial charge on any atom is 0.338 e. The lowest BCUT2D eigenvalue weighted by molar-refractivity contribution is -0.384. The van der Waals surface area contributed by atoms with Gasteiger partial charge in [-0.3, -0.25) is 14.9 Å². The molecule has 1 atom stereocenters. The Morgan fingerprint density at radius 1 is 1.57 bits per heavy atom. The van der Waals surface area contributed by atoms with Gasteiger partial charge in [0.1, 0.15) is 17.5 Å². The van der Waals surface area contributed by atoms with Crippen LogP contribution in [0.4, 0.5) is 15.8 Å². The average molecular weight is 297 g/mol. The molecule has 0 bridgehead atoms. The number of aromatic carboxylic acids is 1. The van der Waals surface area contributed by atoms with Gasteiger partial charge in [0, 0.05) is 13.1 Å². The first-order valence-corrected chi connectivity index (χ1v) is 6.08. The van der Waals surface area contributed by atoms with Crippen LogP contribution in [0.15, 0.2) is 12.1 Å². The molecule has 21 heavy (non-hydrogen) atoms. The number of carbonyl (C=O) groups excluding carboxylic acids is 1. The third kappa shape index (κ3) is 2.62. The molecule has 1 amide bonds. The van der Waals surface area contributed by atoms with Crippen molar-refractivity contribution in [3.05, 3.63) is 33.6 Å². The molecule has 2 N–H and O–H groups in total. The number of halogens is 1. The van der Waals surface area contributed by atoms with E-state index < -0.39 is 34.0 Å². The topological polar surface area (TPSA) is 113 Å². The molecule has 0 spiro atoms. The number of piperazine rings is 1. The van der Waals surface area contributed by atoms with Crippen LogP contribution in [0.25, 0.3) is 0 Å². The Labute approximate surface area is 118 Å². The van der Waals surface area contributed by atoms with Gasteiger partial charge >= 0.3 is 5.97 Å². The summed E-state index contributed by atoms with van der Waals surface area (Å²) in [6.07, 6.45) is 0. The number of carboxylic acid groups (broad SMARTS) is 1. The predicted molar refractivity (Wildman–Crippen MR) is 69.8 cm³/mol. The van der Waals surface area contributed by atoms with Gasteiger partial charge in [0.25, 0.3) is 5.69 Å². The number of nitrogens with zero attached hydrogens (tertiary/aromatic N) is 2. The minimum Gasteiger partial charge on any atom is -0.478 e. The second kappa shape index (κ2) is 5.35. The average Bonchev–Trinajstić information content (AvgIpc) is 2.41. The molecule has 1 fully saturated rings. The SMILES string of the molecule is CC1C(=O)NCCN1c1cc(C(=O)O)c(F)cc1[N+](=O)[O-]. The van der Waals surface area contributed by atoms with Crippen LogP contribution in [0.3, 0.4) is 0 Å². The van der Waals surface area contributed by atoms with Crippen LogP contribution in [0.1, 0.15) is 17.3 Å². The number of nitrogens with one attached hydrogen (secondary N) is 1. The Morgan fingerprint density at radius 3 is 2.81 bits per heavy atom. The van der Waals surface area contributed by atoms with Crippen LogP contribution in [0.2, 0.25) is 0 Å². The quantitative estimate of drug-likeness (QED) is 0.629. The maximum absolute atomic E-state index is 13.6. The van der Waals surface area contributed by atoms with E-state index in [1.165, 1.54) is 11.8 Å². The van der Waals surface area contributed by atoms with Crippen molar-refractivity contribution in [1.82, 2.24) is 5.32 Å². The highest BCUT2D eigenvalue weighted by atomic mass is 19.1. The van der Waals surface area contributed by atoms with Gasteiger partial charge in [0.15, 0.2) is 0 Å². The maximum atomic E-state index is 13.6. The summed E-state index contributed by atoms with van der Waals surface area (Å²) in [5, 5.41) is 22.6. The Morgan fingerprint density at radius 2 is 2.24 bits per heavy atom. The van der Waals surface area contributed by atoms with Crippen molar-refractivity contribution >= 4 is 23.3 Å². The standard InChI is InChI=1S/C12H12FN3O5/c1-6-11(17)14-2-3-15(6)9-4-7(12(18)19)8(13)5-10(9)16(20)21/h4-6H,2-3H2,1H3,(H,14,17)(H,18,19). The first-order chi connectivity index (χ1) is 9.82. The molecule has 8 nitrogen and oxygen atoms in total. The highest BCUT2D eigenvalue weighted by molar-refractivity contribution is 5.92. The minimum atomic E-state index is -1.53. The predicted octanol–water partition coefficient (Wildman–Crippen LogP) is 0.757.